The molecule has 196 valence electrons. The van der Waals surface area contributed by atoms with Crippen molar-refractivity contribution < 1.29 is 9.26 Å². The van der Waals surface area contributed by atoms with E-state index >= 15 is 0 Å². The Bertz CT molecular complexity index is 1150. The van der Waals surface area contributed by atoms with E-state index in [9.17, 15) is 0 Å². The largest absolute Gasteiger partial charge is 0.366 e. The molecule has 0 bridgehead atoms. The van der Waals surface area contributed by atoms with Crippen molar-refractivity contribution >= 4 is 6.08 Å². The number of nitrogens with zero attached hydrogens (tertiary/aromatic N) is 4. The van der Waals surface area contributed by atoms with Gasteiger partial charge in [-0.05, 0) is 82.9 Å². The number of piperidine rings is 1. The van der Waals surface area contributed by atoms with Crippen molar-refractivity contribution in [1.82, 2.24) is 19.9 Å². The fourth-order valence-electron chi connectivity index (χ4n) is 5.70. The number of aryl methyl sites for hydroxylation is 1. The molecule has 6 heteroatoms. The molecule has 37 heavy (non-hydrogen) atoms. The molecule has 0 saturated carbocycles. The number of pyridine rings is 1. The van der Waals surface area contributed by atoms with E-state index < -0.39 is 5.60 Å². The molecule has 0 spiro atoms. The zero-order valence-electron chi connectivity index (χ0n) is 22.5. The maximum absolute atomic E-state index is 6.50. The minimum absolute atomic E-state index is 0.0710. The van der Waals surface area contributed by atoms with Gasteiger partial charge in [-0.15, -0.1) is 0 Å². The average Bonchev–Trinajstić information content (AvgIpc) is 3.33. The number of aromatic nitrogens is 2. The van der Waals surface area contributed by atoms with Gasteiger partial charge in [-0.25, -0.2) is 0 Å². The highest BCUT2D eigenvalue weighted by atomic mass is 16.5. The molecule has 0 amide bonds. The van der Waals surface area contributed by atoms with E-state index in [0.29, 0.717) is 6.61 Å². The fourth-order valence-corrected chi connectivity index (χ4v) is 5.70. The normalized spacial score (nSPS) is 22.4. The Morgan fingerprint density at radius 1 is 1.08 bits per heavy atom. The van der Waals surface area contributed by atoms with Gasteiger partial charge in [-0.2, -0.15) is 0 Å². The first-order valence-corrected chi connectivity index (χ1v) is 13.6. The molecule has 6 nitrogen and oxygen atoms in total. The van der Waals surface area contributed by atoms with Gasteiger partial charge in [0.2, 0.25) is 0 Å². The molecule has 3 aromatic rings. The molecule has 5 rings (SSSR count). The van der Waals surface area contributed by atoms with Crippen molar-refractivity contribution in [1.29, 1.82) is 0 Å². The quantitative estimate of drug-likeness (QED) is 0.363. The highest BCUT2D eigenvalue weighted by Gasteiger charge is 2.42. The first kappa shape index (κ1) is 25.8. The molecule has 1 saturated heterocycles. The lowest BCUT2D eigenvalue weighted by molar-refractivity contribution is -0.0371. The van der Waals surface area contributed by atoms with Gasteiger partial charge in [0.1, 0.15) is 0 Å². The Morgan fingerprint density at radius 2 is 1.86 bits per heavy atom. The summed E-state index contributed by atoms with van der Waals surface area (Å²) < 4.78 is 12.5. The van der Waals surface area contributed by atoms with Crippen molar-refractivity contribution in [3.63, 3.8) is 0 Å². The molecule has 0 N–H and O–H groups in total. The average molecular weight is 501 g/mol. The van der Waals surface area contributed by atoms with Crippen LogP contribution in [0.15, 0.2) is 65.5 Å². The van der Waals surface area contributed by atoms with Crippen molar-refractivity contribution in [2.24, 2.45) is 5.92 Å². The number of benzene rings is 1. The number of likely N-dealkylation sites (tertiary alicyclic amines) is 1. The molecule has 2 unspecified atom stereocenters. The molecule has 2 aromatic heterocycles. The summed E-state index contributed by atoms with van der Waals surface area (Å²) in [5.41, 5.74) is 4.26. The van der Waals surface area contributed by atoms with Gasteiger partial charge in [0.25, 0.3) is 0 Å². The van der Waals surface area contributed by atoms with E-state index in [1.165, 1.54) is 37.9 Å². The van der Waals surface area contributed by atoms with Crippen molar-refractivity contribution in [3.05, 3.63) is 89.1 Å². The van der Waals surface area contributed by atoms with E-state index in [1.54, 1.807) is 6.20 Å². The number of likely N-dealkylation sites (N-methyl/N-ethyl adjacent to an activating group) is 1. The Kier molecular flexibility index (Phi) is 8.18. The van der Waals surface area contributed by atoms with Gasteiger partial charge < -0.3 is 14.2 Å². The third-order valence-electron chi connectivity index (χ3n) is 7.99. The Labute approximate surface area is 221 Å². The maximum Gasteiger partial charge on any atom is 0.151 e. The molecule has 1 aromatic carbocycles. The molecule has 1 aliphatic heterocycles. The number of hydrogen-bond acceptors (Lipinski definition) is 6. The molecule has 1 fully saturated rings. The van der Waals surface area contributed by atoms with Crippen LogP contribution in [0.1, 0.15) is 60.2 Å². The predicted octanol–water partition coefficient (Wildman–Crippen LogP) is 5.56. The van der Waals surface area contributed by atoms with Gasteiger partial charge >= 0.3 is 0 Å². The van der Waals surface area contributed by atoms with Crippen LogP contribution in [0, 0.1) is 5.92 Å². The van der Waals surface area contributed by atoms with Crippen molar-refractivity contribution in [2.45, 2.75) is 57.3 Å². The molecule has 2 atom stereocenters. The fraction of sp³-hybridized carbons (Fsp3) is 0.484. The first-order valence-electron chi connectivity index (χ1n) is 13.6. The summed E-state index contributed by atoms with van der Waals surface area (Å²) in [6.07, 6.45) is 12.7. The Hall–Kier alpha value is -2.80. The van der Waals surface area contributed by atoms with E-state index in [4.69, 9.17) is 9.26 Å². The predicted molar refractivity (Wildman–Crippen MR) is 147 cm³/mol. The van der Waals surface area contributed by atoms with Crippen LogP contribution >= 0.6 is 0 Å². The molecule has 1 aliphatic carbocycles. The Balaban J connectivity index is 1.20. The second kappa shape index (κ2) is 11.7. The maximum atomic E-state index is 6.50. The summed E-state index contributed by atoms with van der Waals surface area (Å²) in [7, 11) is 4.20. The summed E-state index contributed by atoms with van der Waals surface area (Å²) in [4.78, 5) is 9.01. The monoisotopic (exact) mass is 500 g/mol. The number of fused-ring (bicyclic) bond motifs is 1. The highest BCUT2D eigenvalue weighted by Crippen LogP contribution is 2.42. The van der Waals surface area contributed by atoms with E-state index in [1.807, 2.05) is 18.3 Å². The SMILES string of the molecule is CN(C)CC1c2onc(CCC3CCN(Cc4ccccc4)CC3)c2C=CC1(C)OCc1cccnc1. The van der Waals surface area contributed by atoms with E-state index in [0.717, 1.165) is 48.0 Å². The van der Waals surface area contributed by atoms with Crippen LogP contribution in [0.5, 0.6) is 0 Å². The van der Waals surface area contributed by atoms with Crippen molar-refractivity contribution in [3.8, 4) is 0 Å². The lowest BCUT2D eigenvalue weighted by atomic mass is 9.79. The van der Waals surface area contributed by atoms with E-state index in [2.05, 4.69) is 83.4 Å². The van der Waals surface area contributed by atoms with Gasteiger partial charge in [0.15, 0.2) is 5.76 Å². The minimum atomic E-state index is -0.477. The molecule has 3 heterocycles. The second-order valence-electron chi connectivity index (χ2n) is 11.1. The zero-order valence-corrected chi connectivity index (χ0v) is 22.5. The third kappa shape index (κ3) is 6.38. The van der Waals surface area contributed by atoms with Gasteiger partial charge in [0.05, 0.1) is 23.8 Å². The minimum Gasteiger partial charge on any atom is -0.366 e. The Morgan fingerprint density at radius 3 is 2.59 bits per heavy atom. The van der Waals surface area contributed by atoms with Crippen LogP contribution in [0.4, 0.5) is 0 Å². The smallest absolute Gasteiger partial charge is 0.151 e. The van der Waals surface area contributed by atoms with Crippen LogP contribution in [-0.2, 0) is 24.3 Å². The summed E-state index contributed by atoms with van der Waals surface area (Å²) >= 11 is 0. The topological polar surface area (TPSA) is 54.6 Å². The van der Waals surface area contributed by atoms with Gasteiger partial charge in [-0.1, -0.05) is 53.7 Å². The van der Waals surface area contributed by atoms with E-state index in [-0.39, 0.29) is 5.92 Å². The number of rotatable bonds is 10. The van der Waals surface area contributed by atoms with Crippen LogP contribution < -0.4 is 0 Å². The van der Waals surface area contributed by atoms with Crippen LogP contribution in [0.2, 0.25) is 0 Å². The standard InChI is InChI=1S/C31H40N4O2/c1-31(36-23-26-10-7-17-32-20-26)16-13-27-29(33-37-30(27)28(31)22-34(2)3)12-11-24-14-18-35(19-15-24)21-25-8-5-4-6-9-25/h4-10,13,16-17,20,24,28H,11-12,14-15,18-19,21-23H2,1-3H3. The zero-order chi connectivity index (χ0) is 25.7. The van der Waals surface area contributed by atoms with Gasteiger partial charge in [0, 0.05) is 31.0 Å². The highest BCUT2D eigenvalue weighted by molar-refractivity contribution is 5.60. The second-order valence-corrected chi connectivity index (χ2v) is 11.1. The van der Waals surface area contributed by atoms with Crippen LogP contribution in [0.3, 0.4) is 0 Å². The molecule has 2 aliphatic rings. The summed E-state index contributed by atoms with van der Waals surface area (Å²) in [6, 6.07) is 14.8. The van der Waals surface area contributed by atoms with Crippen LogP contribution in [0.25, 0.3) is 6.08 Å². The van der Waals surface area contributed by atoms with Crippen molar-refractivity contribution in [2.75, 3.05) is 33.7 Å². The summed E-state index contributed by atoms with van der Waals surface area (Å²) in [5, 5.41) is 4.57. The summed E-state index contributed by atoms with van der Waals surface area (Å²) in [5.74, 6) is 1.77. The number of ether oxygens (including phenoxy) is 1. The first-order chi connectivity index (χ1) is 18.0. The van der Waals surface area contributed by atoms with Crippen LogP contribution in [-0.4, -0.2) is 59.3 Å². The lowest BCUT2D eigenvalue weighted by Gasteiger charge is -2.37. The third-order valence-corrected chi connectivity index (χ3v) is 7.99. The molecule has 0 radical (unpaired) electrons. The lowest BCUT2D eigenvalue weighted by Crippen LogP contribution is -2.41. The summed E-state index contributed by atoms with van der Waals surface area (Å²) in [6.45, 7) is 6.90. The molecular weight excluding hydrogens is 460 g/mol. The molecular formula is C31H40N4O2. The van der Waals surface area contributed by atoms with Gasteiger partial charge in [-0.3, -0.25) is 9.88 Å². The number of hydrogen-bond donors (Lipinski definition) is 0.